The van der Waals surface area contributed by atoms with E-state index in [1.807, 2.05) is 0 Å². The number of carboxylic acids is 1. The third-order valence-corrected chi connectivity index (χ3v) is 3.16. The monoisotopic (exact) mass is 291 g/mol. The highest BCUT2D eigenvalue weighted by Crippen LogP contribution is 2.21. The van der Waals surface area contributed by atoms with Gasteiger partial charge in [0.1, 0.15) is 17.2 Å². The number of carboxylic acid groups (broad SMARTS) is 1. The van der Waals surface area contributed by atoms with Crippen molar-refractivity contribution >= 4 is 11.7 Å². The van der Waals surface area contributed by atoms with E-state index in [0.29, 0.717) is 11.3 Å². The van der Waals surface area contributed by atoms with Gasteiger partial charge in [0.25, 0.3) is 0 Å². The minimum absolute atomic E-state index is 0.0661. The predicted octanol–water partition coefficient (Wildman–Crippen LogP) is 3.46. The molecule has 0 bridgehead atoms. The first-order valence-corrected chi connectivity index (χ1v) is 6.41. The van der Waals surface area contributed by atoms with Gasteiger partial charge < -0.3 is 10.4 Å². The van der Waals surface area contributed by atoms with Crippen LogP contribution < -0.4 is 5.32 Å². The Labute approximate surface area is 121 Å². The maximum Gasteiger partial charge on any atom is 0.329 e. The largest absolute Gasteiger partial charge is 0.480 e. The molecule has 1 atom stereocenters. The van der Waals surface area contributed by atoms with Crippen molar-refractivity contribution in [1.82, 2.24) is 0 Å². The number of carbonyl (C=O) groups is 1. The Bertz CT molecular complexity index is 611. The van der Waals surface area contributed by atoms with Crippen molar-refractivity contribution in [2.75, 3.05) is 5.32 Å². The van der Waals surface area contributed by atoms with Crippen LogP contribution in [0.5, 0.6) is 0 Å². The summed E-state index contributed by atoms with van der Waals surface area (Å²) in [6, 6.07) is 11.3. The van der Waals surface area contributed by atoms with E-state index in [4.69, 9.17) is 0 Å². The Kier molecular flexibility index (Phi) is 4.21. The lowest BCUT2D eigenvalue weighted by Gasteiger charge is -2.27. The van der Waals surface area contributed by atoms with Crippen molar-refractivity contribution in [3.63, 3.8) is 0 Å². The van der Waals surface area contributed by atoms with Gasteiger partial charge in [0, 0.05) is 12.1 Å². The van der Waals surface area contributed by atoms with Gasteiger partial charge in [-0.2, -0.15) is 0 Å². The molecule has 2 N–H and O–H groups in total. The molecule has 2 rings (SSSR count). The van der Waals surface area contributed by atoms with Crippen molar-refractivity contribution in [3.8, 4) is 0 Å². The van der Waals surface area contributed by atoms with Gasteiger partial charge in [0.05, 0.1) is 0 Å². The molecule has 5 heteroatoms. The van der Waals surface area contributed by atoms with E-state index in [1.54, 1.807) is 12.1 Å². The van der Waals surface area contributed by atoms with Gasteiger partial charge in [0.15, 0.2) is 0 Å². The Morgan fingerprint density at radius 1 is 1.14 bits per heavy atom. The van der Waals surface area contributed by atoms with Crippen molar-refractivity contribution < 1.29 is 18.7 Å². The lowest BCUT2D eigenvalue weighted by atomic mass is 9.92. The summed E-state index contributed by atoms with van der Waals surface area (Å²) < 4.78 is 26.4. The molecule has 0 spiro atoms. The third-order valence-electron chi connectivity index (χ3n) is 3.16. The van der Waals surface area contributed by atoms with Crippen molar-refractivity contribution in [3.05, 3.63) is 65.7 Å². The summed E-state index contributed by atoms with van der Waals surface area (Å²) >= 11 is 0. The Hall–Kier alpha value is -2.43. The van der Waals surface area contributed by atoms with Crippen LogP contribution in [0.15, 0.2) is 48.5 Å². The second-order valence-corrected chi connectivity index (χ2v) is 5.08. The number of rotatable bonds is 5. The highest BCUT2D eigenvalue weighted by atomic mass is 19.1. The minimum Gasteiger partial charge on any atom is -0.480 e. The Morgan fingerprint density at radius 3 is 2.33 bits per heavy atom. The van der Waals surface area contributed by atoms with Crippen LogP contribution in [0.3, 0.4) is 0 Å². The van der Waals surface area contributed by atoms with Gasteiger partial charge in [-0.3, -0.25) is 0 Å². The number of halogens is 2. The molecule has 0 heterocycles. The quantitative estimate of drug-likeness (QED) is 0.887. The number of anilines is 1. The lowest BCUT2D eigenvalue weighted by Crippen LogP contribution is -2.45. The van der Waals surface area contributed by atoms with Gasteiger partial charge in [0.2, 0.25) is 0 Å². The van der Waals surface area contributed by atoms with Gasteiger partial charge >= 0.3 is 5.97 Å². The highest BCUT2D eigenvalue weighted by molar-refractivity contribution is 5.82. The van der Waals surface area contributed by atoms with E-state index >= 15 is 0 Å². The van der Waals surface area contributed by atoms with Crippen LogP contribution in [0.25, 0.3) is 0 Å². The SMILES string of the molecule is CC(Cc1cccc(F)c1)(Nc1cccc(F)c1)C(=O)O. The van der Waals surface area contributed by atoms with E-state index in [2.05, 4.69) is 5.32 Å². The molecule has 3 nitrogen and oxygen atoms in total. The molecule has 2 aromatic rings. The number of aliphatic carboxylic acids is 1. The van der Waals surface area contributed by atoms with Crippen LogP contribution in [-0.2, 0) is 11.2 Å². The molecule has 0 saturated heterocycles. The van der Waals surface area contributed by atoms with E-state index in [9.17, 15) is 18.7 Å². The van der Waals surface area contributed by atoms with Crippen molar-refractivity contribution in [2.45, 2.75) is 18.9 Å². The molecule has 0 saturated carbocycles. The first-order chi connectivity index (χ1) is 9.89. The summed E-state index contributed by atoms with van der Waals surface area (Å²) in [5, 5.41) is 12.2. The molecule has 0 fully saturated rings. The second kappa shape index (κ2) is 5.91. The summed E-state index contributed by atoms with van der Waals surface area (Å²) in [4.78, 5) is 11.5. The van der Waals surface area contributed by atoms with Crippen LogP contribution in [-0.4, -0.2) is 16.6 Å². The molecule has 0 aliphatic heterocycles. The number of hydrogen-bond donors (Lipinski definition) is 2. The van der Waals surface area contributed by atoms with E-state index in [1.165, 1.54) is 43.3 Å². The fourth-order valence-electron chi connectivity index (χ4n) is 2.11. The maximum absolute atomic E-state index is 13.2. The van der Waals surface area contributed by atoms with E-state index in [0.717, 1.165) is 0 Å². The Balaban J connectivity index is 2.26. The van der Waals surface area contributed by atoms with Crippen molar-refractivity contribution in [2.24, 2.45) is 0 Å². The number of hydrogen-bond acceptors (Lipinski definition) is 2. The van der Waals surface area contributed by atoms with Crippen LogP contribution in [0.1, 0.15) is 12.5 Å². The van der Waals surface area contributed by atoms with Crippen molar-refractivity contribution in [1.29, 1.82) is 0 Å². The average molecular weight is 291 g/mol. The fraction of sp³-hybridized carbons (Fsp3) is 0.188. The molecule has 0 amide bonds. The normalized spacial score (nSPS) is 13.5. The fourth-order valence-corrected chi connectivity index (χ4v) is 2.11. The topological polar surface area (TPSA) is 49.3 Å². The zero-order valence-electron chi connectivity index (χ0n) is 11.4. The minimum atomic E-state index is -1.37. The molecular formula is C16H15F2NO2. The molecule has 0 aliphatic rings. The van der Waals surface area contributed by atoms with Crippen LogP contribution in [0, 0.1) is 11.6 Å². The first kappa shape index (κ1) is 15.0. The van der Waals surface area contributed by atoms with Gasteiger partial charge in [-0.25, -0.2) is 13.6 Å². The van der Waals surface area contributed by atoms with Crippen LogP contribution in [0.2, 0.25) is 0 Å². The predicted molar refractivity (Wildman–Crippen MR) is 76.2 cm³/mol. The summed E-state index contributed by atoms with van der Waals surface area (Å²) in [6.45, 7) is 1.48. The lowest BCUT2D eigenvalue weighted by molar-refractivity contribution is -0.141. The number of benzene rings is 2. The summed E-state index contributed by atoms with van der Waals surface area (Å²) in [7, 11) is 0. The molecule has 0 aromatic heterocycles. The van der Waals surface area contributed by atoms with Gasteiger partial charge in [-0.15, -0.1) is 0 Å². The molecule has 0 aliphatic carbocycles. The van der Waals surface area contributed by atoms with E-state index < -0.39 is 23.1 Å². The highest BCUT2D eigenvalue weighted by Gasteiger charge is 2.33. The summed E-state index contributed by atoms with van der Waals surface area (Å²) in [5.74, 6) is -1.99. The summed E-state index contributed by atoms with van der Waals surface area (Å²) in [6.07, 6.45) is 0.0661. The molecule has 0 radical (unpaired) electrons. The van der Waals surface area contributed by atoms with Crippen LogP contribution >= 0.6 is 0 Å². The molecule has 110 valence electrons. The molecular weight excluding hydrogens is 276 g/mol. The first-order valence-electron chi connectivity index (χ1n) is 6.41. The maximum atomic E-state index is 13.2. The second-order valence-electron chi connectivity index (χ2n) is 5.08. The smallest absolute Gasteiger partial charge is 0.329 e. The van der Waals surface area contributed by atoms with Gasteiger partial charge in [-0.1, -0.05) is 18.2 Å². The number of nitrogens with one attached hydrogen (secondary N) is 1. The standard InChI is InChI=1S/C16H15F2NO2/c1-16(15(20)21,10-11-4-2-5-12(17)8-11)19-14-7-3-6-13(18)9-14/h2-9,19H,10H2,1H3,(H,20,21). The zero-order valence-corrected chi connectivity index (χ0v) is 11.4. The van der Waals surface area contributed by atoms with Gasteiger partial charge in [-0.05, 0) is 42.8 Å². The summed E-state index contributed by atoms with van der Waals surface area (Å²) in [5.41, 5.74) is -0.471. The zero-order chi connectivity index (χ0) is 15.5. The molecule has 2 aromatic carbocycles. The molecule has 1 unspecified atom stereocenters. The third kappa shape index (κ3) is 3.78. The molecule has 21 heavy (non-hydrogen) atoms. The van der Waals surface area contributed by atoms with Crippen LogP contribution in [0.4, 0.5) is 14.5 Å². The Morgan fingerprint density at radius 2 is 1.76 bits per heavy atom. The average Bonchev–Trinajstić information content (AvgIpc) is 2.38. The van der Waals surface area contributed by atoms with E-state index in [-0.39, 0.29) is 6.42 Å².